The Bertz CT molecular complexity index is 626. The van der Waals surface area contributed by atoms with Crippen molar-refractivity contribution in [1.82, 2.24) is 4.90 Å². The lowest BCUT2D eigenvalue weighted by molar-refractivity contribution is -0.126. The molecule has 3 rings (SSSR count). The van der Waals surface area contributed by atoms with Crippen molar-refractivity contribution >= 4 is 12.0 Å². The Labute approximate surface area is 130 Å². The second-order valence-electron chi connectivity index (χ2n) is 6.35. The van der Waals surface area contributed by atoms with Crippen molar-refractivity contribution in [2.75, 3.05) is 33.4 Å². The first-order valence-electron chi connectivity index (χ1n) is 7.55. The third kappa shape index (κ3) is 2.68. The number of hydrogen-bond acceptors (Lipinski definition) is 4. The van der Waals surface area contributed by atoms with E-state index in [2.05, 4.69) is 6.92 Å². The third-order valence-electron chi connectivity index (χ3n) is 4.54. The molecule has 5 heteroatoms. The predicted octanol–water partition coefficient (Wildman–Crippen LogP) is 1.67. The van der Waals surface area contributed by atoms with Gasteiger partial charge in [0.15, 0.2) is 0 Å². The zero-order valence-corrected chi connectivity index (χ0v) is 13.1. The first kappa shape index (κ1) is 14.9. The molecule has 0 spiro atoms. The Balaban J connectivity index is 1.80. The van der Waals surface area contributed by atoms with Crippen LogP contribution in [0.4, 0.5) is 0 Å². The number of nitrogens with zero attached hydrogens (tertiary/aromatic N) is 1. The van der Waals surface area contributed by atoms with Gasteiger partial charge < -0.3 is 20.1 Å². The van der Waals surface area contributed by atoms with Crippen LogP contribution in [0, 0.1) is 5.41 Å². The zero-order chi connectivity index (χ0) is 15.7. The number of hydrogen-bond donors (Lipinski definition) is 1. The summed E-state index contributed by atoms with van der Waals surface area (Å²) < 4.78 is 10.9. The van der Waals surface area contributed by atoms with Crippen molar-refractivity contribution in [2.45, 2.75) is 13.3 Å². The van der Waals surface area contributed by atoms with Gasteiger partial charge in [0, 0.05) is 18.7 Å². The first-order valence-corrected chi connectivity index (χ1v) is 7.55. The van der Waals surface area contributed by atoms with Crippen LogP contribution in [0.1, 0.15) is 18.9 Å². The summed E-state index contributed by atoms with van der Waals surface area (Å²) in [5, 5.41) is 0. The van der Waals surface area contributed by atoms with Crippen LogP contribution in [0.15, 0.2) is 23.8 Å². The largest absolute Gasteiger partial charge is 0.497 e. The Hall–Kier alpha value is -2.01. The number of amides is 1. The molecule has 1 aromatic carbocycles. The molecule has 0 aromatic heterocycles. The molecule has 0 aliphatic carbocycles. The van der Waals surface area contributed by atoms with Gasteiger partial charge in [0.2, 0.25) is 0 Å². The summed E-state index contributed by atoms with van der Waals surface area (Å²) in [4.78, 5) is 14.6. The molecular weight excluding hydrogens is 280 g/mol. The van der Waals surface area contributed by atoms with Crippen molar-refractivity contribution in [3.05, 3.63) is 29.3 Å². The number of methoxy groups -OCH3 is 1. The van der Waals surface area contributed by atoms with Crippen LogP contribution in [0.25, 0.3) is 6.08 Å². The number of nitrogens with two attached hydrogens (primary N) is 1. The Morgan fingerprint density at radius 1 is 1.50 bits per heavy atom. The van der Waals surface area contributed by atoms with Gasteiger partial charge in [-0.2, -0.15) is 0 Å². The molecule has 22 heavy (non-hydrogen) atoms. The van der Waals surface area contributed by atoms with Crippen molar-refractivity contribution < 1.29 is 14.3 Å². The normalized spacial score (nSPS) is 23.6. The maximum Gasteiger partial charge on any atom is 0.253 e. The minimum absolute atomic E-state index is 0.0346. The Morgan fingerprint density at radius 2 is 2.32 bits per heavy atom. The van der Waals surface area contributed by atoms with E-state index >= 15 is 0 Å². The molecule has 1 saturated heterocycles. The number of carbonyl (C=O) groups is 1. The lowest BCUT2D eigenvalue weighted by Crippen LogP contribution is -2.36. The van der Waals surface area contributed by atoms with E-state index in [1.54, 1.807) is 7.11 Å². The zero-order valence-electron chi connectivity index (χ0n) is 13.1. The lowest BCUT2D eigenvalue weighted by Gasteiger charge is -2.25. The average molecular weight is 302 g/mol. The second-order valence-corrected chi connectivity index (χ2v) is 6.35. The molecule has 118 valence electrons. The highest BCUT2D eigenvalue weighted by Crippen LogP contribution is 2.33. The van der Waals surface area contributed by atoms with E-state index in [1.807, 2.05) is 29.2 Å². The van der Waals surface area contributed by atoms with E-state index in [9.17, 15) is 4.79 Å². The molecule has 0 radical (unpaired) electrons. The molecule has 0 saturated carbocycles. The standard InChI is InChI=1S/C17H22N2O3/c1-17(10-18)5-6-19(11-17)16(20)13-7-12-8-14(21-2)3-4-15(12)22-9-13/h3-4,7-8H,5-6,9-11,18H2,1-2H3. The van der Waals surface area contributed by atoms with Gasteiger partial charge in [0.1, 0.15) is 18.1 Å². The van der Waals surface area contributed by atoms with Gasteiger partial charge in [-0.25, -0.2) is 0 Å². The minimum atomic E-state index is 0.0346. The van der Waals surface area contributed by atoms with Crippen LogP contribution in [0.5, 0.6) is 11.5 Å². The quantitative estimate of drug-likeness (QED) is 0.922. The predicted molar refractivity (Wildman–Crippen MR) is 84.8 cm³/mol. The maximum atomic E-state index is 12.7. The second kappa shape index (κ2) is 5.65. The fourth-order valence-corrected chi connectivity index (χ4v) is 2.97. The highest BCUT2D eigenvalue weighted by atomic mass is 16.5. The number of rotatable bonds is 3. The molecule has 1 fully saturated rings. The van der Waals surface area contributed by atoms with Crippen LogP contribution in [0.2, 0.25) is 0 Å². The number of fused-ring (bicyclic) bond motifs is 1. The van der Waals surface area contributed by atoms with Gasteiger partial charge in [0.05, 0.1) is 12.7 Å². The van der Waals surface area contributed by atoms with E-state index in [0.717, 1.165) is 30.0 Å². The number of carbonyl (C=O) groups excluding carboxylic acids is 1. The number of benzene rings is 1. The van der Waals surface area contributed by atoms with E-state index in [-0.39, 0.29) is 11.3 Å². The summed E-state index contributed by atoms with van der Waals surface area (Å²) in [6, 6.07) is 5.61. The van der Waals surface area contributed by atoms with E-state index in [1.165, 1.54) is 0 Å². The third-order valence-corrected chi connectivity index (χ3v) is 4.54. The van der Waals surface area contributed by atoms with Crippen molar-refractivity contribution in [3.63, 3.8) is 0 Å². The highest BCUT2D eigenvalue weighted by Gasteiger charge is 2.36. The van der Waals surface area contributed by atoms with Crippen LogP contribution >= 0.6 is 0 Å². The van der Waals surface area contributed by atoms with Crippen LogP contribution in [0.3, 0.4) is 0 Å². The molecule has 1 unspecified atom stereocenters. The van der Waals surface area contributed by atoms with Crippen molar-refractivity contribution in [1.29, 1.82) is 0 Å². The summed E-state index contributed by atoms with van der Waals surface area (Å²) in [5.74, 6) is 1.58. The maximum absolute atomic E-state index is 12.7. The van der Waals surface area contributed by atoms with E-state index < -0.39 is 0 Å². The van der Waals surface area contributed by atoms with E-state index in [0.29, 0.717) is 25.3 Å². The summed E-state index contributed by atoms with van der Waals surface area (Å²) in [6.07, 6.45) is 2.86. The van der Waals surface area contributed by atoms with Crippen molar-refractivity contribution in [3.8, 4) is 11.5 Å². The smallest absolute Gasteiger partial charge is 0.253 e. The summed E-state index contributed by atoms with van der Waals surface area (Å²) in [6.45, 7) is 4.52. The lowest BCUT2D eigenvalue weighted by atomic mass is 9.90. The molecule has 1 aromatic rings. The van der Waals surface area contributed by atoms with Crippen LogP contribution < -0.4 is 15.2 Å². The number of likely N-dealkylation sites (tertiary alicyclic amines) is 1. The molecule has 2 aliphatic heterocycles. The van der Waals surface area contributed by atoms with Gasteiger partial charge in [-0.15, -0.1) is 0 Å². The molecule has 2 aliphatic rings. The molecular formula is C17H22N2O3. The summed E-state index contributed by atoms with van der Waals surface area (Å²) in [5.41, 5.74) is 7.41. The Kier molecular flexibility index (Phi) is 3.83. The molecule has 2 heterocycles. The summed E-state index contributed by atoms with van der Waals surface area (Å²) >= 11 is 0. The van der Waals surface area contributed by atoms with Gasteiger partial charge in [-0.05, 0) is 42.7 Å². The summed E-state index contributed by atoms with van der Waals surface area (Å²) in [7, 11) is 1.62. The fraction of sp³-hybridized carbons (Fsp3) is 0.471. The SMILES string of the molecule is COc1ccc2c(c1)C=C(C(=O)N1CCC(C)(CN)C1)CO2. The monoisotopic (exact) mass is 302 g/mol. The number of ether oxygens (including phenoxy) is 2. The molecule has 2 N–H and O–H groups in total. The van der Waals surface area contributed by atoms with Gasteiger partial charge >= 0.3 is 0 Å². The molecule has 1 atom stereocenters. The fourth-order valence-electron chi connectivity index (χ4n) is 2.97. The molecule has 5 nitrogen and oxygen atoms in total. The van der Waals surface area contributed by atoms with Crippen molar-refractivity contribution in [2.24, 2.45) is 11.1 Å². The van der Waals surface area contributed by atoms with Crippen LogP contribution in [-0.2, 0) is 4.79 Å². The van der Waals surface area contributed by atoms with Gasteiger partial charge in [0.25, 0.3) is 5.91 Å². The molecule has 0 bridgehead atoms. The average Bonchev–Trinajstić information content (AvgIpc) is 2.96. The minimum Gasteiger partial charge on any atom is -0.497 e. The molecule has 1 amide bonds. The Morgan fingerprint density at radius 3 is 3.00 bits per heavy atom. The van der Waals surface area contributed by atoms with Gasteiger partial charge in [-0.3, -0.25) is 4.79 Å². The van der Waals surface area contributed by atoms with Gasteiger partial charge in [-0.1, -0.05) is 6.92 Å². The first-order chi connectivity index (χ1) is 10.5. The van der Waals surface area contributed by atoms with E-state index in [4.69, 9.17) is 15.2 Å². The van der Waals surface area contributed by atoms with Crippen LogP contribution in [-0.4, -0.2) is 44.2 Å². The topological polar surface area (TPSA) is 64.8 Å². The highest BCUT2D eigenvalue weighted by molar-refractivity contribution is 5.99.